The van der Waals surface area contributed by atoms with Crippen LogP contribution in [0.2, 0.25) is 0 Å². The molecule has 0 spiro atoms. The normalized spacial score (nSPS) is 13.1. The molecule has 1 aromatic heterocycles. The molecule has 1 N–H and O–H groups in total. The maximum Gasteiger partial charge on any atom is 0.304 e. The maximum absolute atomic E-state index is 12.5. The maximum atomic E-state index is 12.5. The van der Waals surface area contributed by atoms with Crippen molar-refractivity contribution in [2.45, 2.75) is 18.8 Å². The minimum absolute atomic E-state index is 0.397. The molecule has 0 bridgehead atoms. The van der Waals surface area contributed by atoms with Gasteiger partial charge in [0.25, 0.3) is 0 Å². The first-order chi connectivity index (χ1) is 6.50. The Morgan fingerprint density at radius 2 is 2.21 bits per heavy atom. The van der Waals surface area contributed by atoms with Crippen LogP contribution in [-0.4, -0.2) is 17.5 Å². The molecule has 1 rings (SSSR count). The number of carboxylic acids is 1. The molecule has 1 atom stereocenters. The van der Waals surface area contributed by atoms with Crippen molar-refractivity contribution in [3.05, 3.63) is 20.8 Å². The van der Waals surface area contributed by atoms with Gasteiger partial charge in [-0.05, 0) is 28.1 Å². The summed E-state index contributed by atoms with van der Waals surface area (Å²) in [5.41, 5.74) is 0. The lowest BCUT2D eigenvalue weighted by Gasteiger charge is -2.10. The molecule has 1 unspecified atom stereocenters. The Kier molecular flexibility index (Phi) is 4.00. The molecule has 0 aliphatic rings. The molecular weight excluding hydrogens is 278 g/mol. The number of halogens is 3. The van der Waals surface area contributed by atoms with Crippen molar-refractivity contribution in [3.63, 3.8) is 0 Å². The van der Waals surface area contributed by atoms with Crippen LogP contribution >= 0.6 is 27.3 Å². The number of alkyl halides is 2. The van der Waals surface area contributed by atoms with Crippen LogP contribution in [-0.2, 0) is 4.79 Å². The van der Waals surface area contributed by atoms with E-state index in [1.54, 1.807) is 6.07 Å². The van der Waals surface area contributed by atoms with Crippen LogP contribution in [0.3, 0.4) is 0 Å². The predicted molar refractivity (Wildman–Crippen MR) is 53.0 cm³/mol. The van der Waals surface area contributed by atoms with Gasteiger partial charge < -0.3 is 5.11 Å². The fourth-order valence-corrected chi connectivity index (χ4v) is 2.56. The van der Waals surface area contributed by atoms with Crippen LogP contribution in [0.15, 0.2) is 15.9 Å². The topological polar surface area (TPSA) is 37.3 Å². The molecule has 0 aliphatic heterocycles. The Bertz CT molecular complexity index is 327. The quantitative estimate of drug-likeness (QED) is 0.921. The number of carbonyl (C=O) groups is 1. The number of rotatable bonds is 4. The zero-order valence-corrected chi connectivity index (χ0v) is 9.32. The van der Waals surface area contributed by atoms with E-state index in [4.69, 9.17) is 5.11 Å². The summed E-state index contributed by atoms with van der Waals surface area (Å²) < 4.78 is 25.7. The summed E-state index contributed by atoms with van der Waals surface area (Å²) in [6.07, 6.45) is -3.18. The fourth-order valence-electron chi connectivity index (χ4n) is 1.03. The molecule has 0 amide bonds. The van der Waals surface area contributed by atoms with Gasteiger partial charge in [-0.1, -0.05) is 0 Å². The Hall–Kier alpha value is -0.490. The number of hydrogen-bond acceptors (Lipinski definition) is 2. The van der Waals surface area contributed by atoms with E-state index < -0.39 is 24.7 Å². The molecule has 0 radical (unpaired) electrons. The highest BCUT2D eigenvalue weighted by Gasteiger charge is 2.26. The largest absolute Gasteiger partial charge is 0.481 e. The van der Waals surface area contributed by atoms with Gasteiger partial charge in [-0.25, -0.2) is 8.78 Å². The summed E-state index contributed by atoms with van der Waals surface area (Å²) in [7, 11) is 0. The first-order valence-corrected chi connectivity index (χ1v) is 5.37. The molecule has 0 fully saturated rings. The second-order valence-electron chi connectivity index (χ2n) is 2.68. The van der Waals surface area contributed by atoms with Crippen molar-refractivity contribution in [1.82, 2.24) is 0 Å². The summed E-state index contributed by atoms with van der Waals surface area (Å²) in [6, 6.07) is 3.16. The Morgan fingerprint density at radius 1 is 1.57 bits per heavy atom. The first-order valence-electron chi connectivity index (χ1n) is 3.76. The lowest BCUT2D eigenvalue weighted by Crippen LogP contribution is -2.12. The van der Waals surface area contributed by atoms with E-state index in [1.807, 2.05) is 0 Å². The van der Waals surface area contributed by atoms with Crippen molar-refractivity contribution < 1.29 is 18.7 Å². The molecule has 1 heterocycles. The van der Waals surface area contributed by atoms with Crippen molar-refractivity contribution in [2.75, 3.05) is 0 Å². The van der Waals surface area contributed by atoms with E-state index >= 15 is 0 Å². The average molecular weight is 285 g/mol. The number of hydrogen-bond donors (Lipinski definition) is 1. The zero-order chi connectivity index (χ0) is 10.7. The monoisotopic (exact) mass is 284 g/mol. The van der Waals surface area contributed by atoms with Gasteiger partial charge >= 0.3 is 5.97 Å². The Labute approximate surface area is 91.7 Å². The van der Waals surface area contributed by atoms with E-state index in [-0.39, 0.29) is 0 Å². The molecule has 1 aromatic rings. The summed E-state index contributed by atoms with van der Waals surface area (Å²) >= 11 is 4.28. The van der Waals surface area contributed by atoms with Gasteiger partial charge in [0.2, 0.25) is 6.43 Å². The van der Waals surface area contributed by atoms with E-state index in [9.17, 15) is 13.6 Å². The van der Waals surface area contributed by atoms with E-state index in [0.717, 1.165) is 15.1 Å². The standard InChI is InChI=1S/C8H7BrF2O2S/c9-6-2-1-5(14-6)4(8(10)11)3-7(12)13/h1-2,4,8H,3H2,(H,12,13). The zero-order valence-electron chi connectivity index (χ0n) is 6.91. The Morgan fingerprint density at radius 3 is 2.57 bits per heavy atom. The van der Waals surface area contributed by atoms with Crippen LogP contribution in [0.25, 0.3) is 0 Å². The summed E-state index contributed by atoms with van der Waals surface area (Å²) in [5, 5.41) is 8.46. The van der Waals surface area contributed by atoms with Crippen molar-refractivity contribution >= 4 is 33.2 Å². The lowest BCUT2D eigenvalue weighted by atomic mass is 10.0. The second-order valence-corrected chi connectivity index (χ2v) is 5.18. The van der Waals surface area contributed by atoms with Crippen LogP contribution in [0.4, 0.5) is 8.78 Å². The van der Waals surface area contributed by atoms with Crippen LogP contribution < -0.4 is 0 Å². The second kappa shape index (κ2) is 4.84. The molecule has 78 valence electrons. The Balaban J connectivity index is 2.82. The SMILES string of the molecule is O=C(O)CC(c1ccc(Br)s1)C(F)F. The van der Waals surface area contributed by atoms with E-state index in [2.05, 4.69) is 15.9 Å². The van der Waals surface area contributed by atoms with Crippen LogP contribution in [0.1, 0.15) is 17.2 Å². The van der Waals surface area contributed by atoms with Crippen LogP contribution in [0, 0.1) is 0 Å². The highest BCUT2D eigenvalue weighted by molar-refractivity contribution is 9.11. The van der Waals surface area contributed by atoms with Crippen molar-refractivity contribution in [3.8, 4) is 0 Å². The van der Waals surface area contributed by atoms with Gasteiger partial charge in [0.15, 0.2) is 0 Å². The van der Waals surface area contributed by atoms with Gasteiger partial charge in [0.1, 0.15) is 0 Å². The third-order valence-corrected chi connectivity index (χ3v) is 3.41. The summed E-state index contributed by atoms with van der Waals surface area (Å²) in [4.78, 5) is 10.8. The summed E-state index contributed by atoms with van der Waals surface area (Å²) in [6.45, 7) is 0. The van der Waals surface area contributed by atoms with Crippen molar-refractivity contribution in [2.24, 2.45) is 0 Å². The third kappa shape index (κ3) is 3.02. The molecule has 0 saturated heterocycles. The molecule has 14 heavy (non-hydrogen) atoms. The molecule has 2 nitrogen and oxygen atoms in total. The minimum atomic E-state index is -2.64. The van der Waals surface area contributed by atoms with Crippen molar-refractivity contribution in [1.29, 1.82) is 0 Å². The number of carboxylic acid groups (broad SMARTS) is 1. The highest BCUT2D eigenvalue weighted by atomic mass is 79.9. The lowest BCUT2D eigenvalue weighted by molar-refractivity contribution is -0.138. The highest BCUT2D eigenvalue weighted by Crippen LogP contribution is 2.34. The molecule has 0 aliphatic carbocycles. The minimum Gasteiger partial charge on any atom is -0.481 e. The van der Waals surface area contributed by atoms with Gasteiger partial charge in [-0.3, -0.25) is 4.79 Å². The van der Waals surface area contributed by atoms with E-state index in [0.29, 0.717) is 4.88 Å². The third-order valence-electron chi connectivity index (χ3n) is 1.66. The number of aliphatic carboxylic acids is 1. The van der Waals surface area contributed by atoms with Crippen LogP contribution in [0.5, 0.6) is 0 Å². The molecule has 0 saturated carbocycles. The van der Waals surface area contributed by atoms with Gasteiger partial charge in [0, 0.05) is 4.88 Å². The van der Waals surface area contributed by atoms with Gasteiger partial charge in [0.05, 0.1) is 16.1 Å². The van der Waals surface area contributed by atoms with Gasteiger partial charge in [-0.2, -0.15) is 0 Å². The van der Waals surface area contributed by atoms with E-state index in [1.165, 1.54) is 6.07 Å². The fraction of sp³-hybridized carbons (Fsp3) is 0.375. The molecule has 6 heteroatoms. The smallest absolute Gasteiger partial charge is 0.304 e. The summed E-state index contributed by atoms with van der Waals surface area (Å²) in [5.74, 6) is -2.41. The molecule has 0 aromatic carbocycles. The predicted octanol–water partition coefficient (Wildman–Crippen LogP) is 3.33. The van der Waals surface area contributed by atoms with Gasteiger partial charge in [-0.15, -0.1) is 11.3 Å². The molecular formula is C8H7BrF2O2S. The average Bonchev–Trinajstić information content (AvgIpc) is 2.46. The number of thiophene rings is 1. The first kappa shape index (κ1) is 11.6.